The van der Waals surface area contributed by atoms with Crippen LogP contribution in [-0.4, -0.2) is 57.4 Å². The van der Waals surface area contributed by atoms with Gasteiger partial charge >= 0.3 is 0 Å². The summed E-state index contributed by atoms with van der Waals surface area (Å²) in [6.45, 7) is 0.649. The Balaban J connectivity index is 2.21. The lowest BCUT2D eigenvalue weighted by Crippen LogP contribution is -2.30. The van der Waals surface area contributed by atoms with E-state index in [1.165, 1.54) is 26.2 Å². The van der Waals surface area contributed by atoms with Crippen molar-refractivity contribution in [1.29, 1.82) is 0 Å². The number of carbonyl (C=O) groups is 1. The van der Waals surface area contributed by atoms with Gasteiger partial charge in [0, 0.05) is 39.9 Å². The second-order valence-electron chi connectivity index (χ2n) is 4.82. The highest BCUT2D eigenvalue weighted by Crippen LogP contribution is 2.23. The van der Waals surface area contributed by atoms with Gasteiger partial charge in [0.05, 0.1) is 0 Å². The number of nitrogens with one attached hydrogen (secondary N) is 1. The minimum absolute atomic E-state index is 0.0318. The van der Waals surface area contributed by atoms with Gasteiger partial charge in [0.2, 0.25) is 0 Å². The fourth-order valence-electron chi connectivity index (χ4n) is 2.48. The highest BCUT2D eigenvalue weighted by atomic mass is 19.1. The summed E-state index contributed by atoms with van der Waals surface area (Å²) in [7, 11) is 4.48. The molecule has 1 amide bonds. The number of anilines is 1. The van der Waals surface area contributed by atoms with Gasteiger partial charge in [-0.25, -0.2) is 8.78 Å². The number of amides is 1. The Hall–Kier alpha value is -1.73. The largest absolute Gasteiger partial charge is 0.383 e. The van der Waals surface area contributed by atoms with E-state index in [1.807, 2.05) is 0 Å². The van der Waals surface area contributed by atoms with E-state index in [0.29, 0.717) is 13.1 Å². The molecule has 2 unspecified atom stereocenters. The number of carbonyl (C=O) groups excluding carboxylic acids is 1. The van der Waals surface area contributed by atoms with E-state index in [1.54, 1.807) is 0 Å². The van der Waals surface area contributed by atoms with Crippen LogP contribution in [0.3, 0.4) is 0 Å². The van der Waals surface area contributed by atoms with Crippen LogP contribution in [0.25, 0.3) is 0 Å². The highest BCUT2D eigenvalue weighted by Gasteiger charge is 2.36. The third-order valence-electron chi connectivity index (χ3n) is 3.65. The van der Waals surface area contributed by atoms with E-state index in [2.05, 4.69) is 5.32 Å². The van der Waals surface area contributed by atoms with Gasteiger partial charge in [0.1, 0.15) is 29.5 Å². The molecule has 1 fully saturated rings. The number of benzene rings is 1. The van der Waals surface area contributed by atoms with Gasteiger partial charge in [-0.3, -0.25) is 4.79 Å². The van der Waals surface area contributed by atoms with E-state index in [0.717, 1.165) is 12.1 Å². The molecule has 1 aromatic carbocycles. The molecule has 0 radical (unpaired) electrons. The van der Waals surface area contributed by atoms with Crippen LogP contribution < -0.4 is 5.32 Å². The summed E-state index contributed by atoms with van der Waals surface area (Å²) in [5.74, 6) is -2.05. The van der Waals surface area contributed by atoms with Crippen molar-refractivity contribution in [1.82, 2.24) is 4.90 Å². The summed E-state index contributed by atoms with van der Waals surface area (Å²) >= 11 is 0. The Morgan fingerprint density at radius 2 is 1.67 bits per heavy atom. The Morgan fingerprint density at radius 3 is 2.05 bits per heavy atom. The van der Waals surface area contributed by atoms with Gasteiger partial charge in [0.25, 0.3) is 5.91 Å². The van der Waals surface area contributed by atoms with E-state index in [4.69, 9.17) is 9.47 Å². The molecule has 1 saturated heterocycles. The molecule has 7 heteroatoms. The zero-order valence-electron chi connectivity index (χ0n) is 12.2. The molecule has 2 rings (SSSR count). The monoisotopic (exact) mass is 300 g/mol. The van der Waals surface area contributed by atoms with Crippen molar-refractivity contribution in [3.05, 3.63) is 29.3 Å². The molecule has 21 heavy (non-hydrogen) atoms. The predicted molar refractivity (Wildman–Crippen MR) is 73.4 cm³/mol. The summed E-state index contributed by atoms with van der Waals surface area (Å²) < 4.78 is 37.9. The SMILES string of the molecule is CNc1c(F)cc(C(=O)N2CC(OC)C(OC)C2)cc1F. The summed E-state index contributed by atoms with van der Waals surface area (Å²) in [5.41, 5.74) is -0.284. The maximum absolute atomic E-state index is 13.7. The van der Waals surface area contributed by atoms with Crippen LogP contribution in [0.15, 0.2) is 12.1 Å². The Kier molecular flexibility index (Phi) is 4.74. The Morgan fingerprint density at radius 1 is 1.19 bits per heavy atom. The molecule has 1 aromatic rings. The van der Waals surface area contributed by atoms with Gasteiger partial charge in [-0.05, 0) is 12.1 Å². The van der Waals surface area contributed by atoms with Crippen LogP contribution in [0.5, 0.6) is 0 Å². The quantitative estimate of drug-likeness (QED) is 0.915. The van der Waals surface area contributed by atoms with Crippen molar-refractivity contribution in [2.45, 2.75) is 12.2 Å². The summed E-state index contributed by atoms with van der Waals surface area (Å²) in [4.78, 5) is 13.8. The second kappa shape index (κ2) is 6.36. The maximum atomic E-state index is 13.7. The lowest BCUT2D eigenvalue weighted by Gasteiger charge is -2.16. The fourth-order valence-corrected chi connectivity index (χ4v) is 2.48. The minimum atomic E-state index is -0.799. The van der Waals surface area contributed by atoms with Gasteiger partial charge in [0.15, 0.2) is 0 Å². The Bertz CT molecular complexity index is 504. The van der Waals surface area contributed by atoms with Crippen molar-refractivity contribution in [3.8, 4) is 0 Å². The molecule has 116 valence electrons. The molecule has 5 nitrogen and oxygen atoms in total. The summed E-state index contributed by atoms with van der Waals surface area (Å²) in [5, 5.41) is 2.42. The van der Waals surface area contributed by atoms with E-state index in [-0.39, 0.29) is 23.5 Å². The standard InChI is InChI=1S/C14H18F2N2O3/c1-17-13-9(15)4-8(5-10(13)16)14(19)18-6-11(20-2)12(7-18)21-3/h4-5,11-12,17H,6-7H2,1-3H3. The number of likely N-dealkylation sites (tertiary alicyclic amines) is 1. The molecule has 0 spiro atoms. The Labute approximate surface area is 121 Å². The zero-order chi connectivity index (χ0) is 15.6. The number of ether oxygens (including phenoxy) is 2. The molecule has 1 aliphatic rings. The van der Waals surface area contributed by atoms with Crippen molar-refractivity contribution in [2.24, 2.45) is 0 Å². The molecule has 1 N–H and O–H groups in total. The van der Waals surface area contributed by atoms with E-state index in [9.17, 15) is 13.6 Å². The van der Waals surface area contributed by atoms with Crippen molar-refractivity contribution >= 4 is 11.6 Å². The summed E-state index contributed by atoms with van der Waals surface area (Å²) in [6, 6.07) is 2.05. The van der Waals surface area contributed by atoms with Crippen molar-refractivity contribution in [2.75, 3.05) is 39.7 Å². The number of nitrogens with zero attached hydrogens (tertiary/aromatic N) is 1. The number of methoxy groups -OCH3 is 2. The molecular formula is C14H18F2N2O3. The van der Waals surface area contributed by atoms with Crippen LogP contribution in [-0.2, 0) is 9.47 Å². The molecule has 1 heterocycles. The first-order valence-corrected chi connectivity index (χ1v) is 6.53. The lowest BCUT2D eigenvalue weighted by atomic mass is 10.1. The molecule has 0 bridgehead atoms. The average Bonchev–Trinajstić information content (AvgIpc) is 2.89. The molecule has 0 saturated carbocycles. The lowest BCUT2D eigenvalue weighted by molar-refractivity contribution is -0.00461. The first-order chi connectivity index (χ1) is 10.0. The topological polar surface area (TPSA) is 50.8 Å². The molecule has 2 atom stereocenters. The first kappa shape index (κ1) is 15.7. The molecule has 0 aliphatic carbocycles. The van der Waals surface area contributed by atoms with Crippen LogP contribution in [0, 0.1) is 11.6 Å². The smallest absolute Gasteiger partial charge is 0.254 e. The predicted octanol–water partition coefficient (Wildman–Crippen LogP) is 1.49. The van der Waals surface area contributed by atoms with Gasteiger partial charge in [-0.15, -0.1) is 0 Å². The van der Waals surface area contributed by atoms with Gasteiger partial charge in [-0.1, -0.05) is 0 Å². The first-order valence-electron chi connectivity index (χ1n) is 6.53. The number of hydrogen-bond acceptors (Lipinski definition) is 4. The van der Waals surface area contributed by atoms with Crippen LogP contribution in [0.2, 0.25) is 0 Å². The third-order valence-corrected chi connectivity index (χ3v) is 3.65. The molecule has 0 aromatic heterocycles. The number of halogens is 2. The van der Waals surface area contributed by atoms with Crippen LogP contribution >= 0.6 is 0 Å². The minimum Gasteiger partial charge on any atom is -0.383 e. The summed E-state index contributed by atoms with van der Waals surface area (Å²) in [6.07, 6.45) is -0.490. The second-order valence-corrected chi connectivity index (χ2v) is 4.82. The van der Waals surface area contributed by atoms with Gasteiger partial charge < -0.3 is 19.7 Å². The zero-order valence-corrected chi connectivity index (χ0v) is 12.2. The third kappa shape index (κ3) is 2.98. The number of hydrogen-bond donors (Lipinski definition) is 1. The van der Waals surface area contributed by atoms with Crippen molar-refractivity contribution in [3.63, 3.8) is 0 Å². The molecule has 1 aliphatic heterocycles. The van der Waals surface area contributed by atoms with Crippen LogP contribution in [0.4, 0.5) is 14.5 Å². The van der Waals surface area contributed by atoms with Gasteiger partial charge in [-0.2, -0.15) is 0 Å². The normalized spacial score (nSPS) is 21.7. The van der Waals surface area contributed by atoms with Crippen molar-refractivity contribution < 1.29 is 23.0 Å². The van der Waals surface area contributed by atoms with E-state index < -0.39 is 17.5 Å². The van der Waals surface area contributed by atoms with E-state index >= 15 is 0 Å². The van der Waals surface area contributed by atoms with Crippen LogP contribution in [0.1, 0.15) is 10.4 Å². The average molecular weight is 300 g/mol. The maximum Gasteiger partial charge on any atom is 0.254 e. The highest BCUT2D eigenvalue weighted by molar-refractivity contribution is 5.95. The fraction of sp³-hybridized carbons (Fsp3) is 0.500. The number of rotatable bonds is 4. The molecular weight excluding hydrogens is 282 g/mol.